The number of nitrogens with zero attached hydrogens (tertiary/aromatic N) is 10. The number of hydrogen-bond donors (Lipinski definition) is 0. The first kappa shape index (κ1) is 26.0. The van der Waals surface area contributed by atoms with Crippen molar-refractivity contribution in [3.63, 3.8) is 0 Å². The van der Waals surface area contributed by atoms with E-state index in [1.165, 1.54) is 0 Å². The summed E-state index contributed by atoms with van der Waals surface area (Å²) in [5.74, 6) is 2.31. The summed E-state index contributed by atoms with van der Waals surface area (Å²) in [5.41, 5.74) is 0. The van der Waals surface area contributed by atoms with Gasteiger partial charge in [-0.15, -0.1) is 0 Å². The van der Waals surface area contributed by atoms with Crippen LogP contribution in [-0.4, -0.2) is 138 Å². The van der Waals surface area contributed by atoms with E-state index in [0.29, 0.717) is 6.54 Å². The molecule has 0 aromatic heterocycles. The molecule has 0 spiro atoms. The molecule has 0 heterocycles. The van der Waals surface area contributed by atoms with E-state index in [2.05, 4.69) is 0 Å². The Morgan fingerprint density at radius 2 is 0.714 bits per heavy atom. The summed E-state index contributed by atoms with van der Waals surface area (Å²) in [5, 5.41) is 0. The van der Waals surface area contributed by atoms with E-state index in [1.54, 1.807) is 0 Å². The van der Waals surface area contributed by atoms with Crippen LogP contribution >= 0.6 is 7.51 Å². The predicted octanol–water partition coefficient (Wildman–Crippen LogP) is 1.39. The van der Waals surface area contributed by atoms with Gasteiger partial charge in [-0.1, -0.05) is 0 Å². The average molecular weight is 417 g/mol. The van der Waals surface area contributed by atoms with E-state index in [0.717, 1.165) is 17.9 Å². The molecule has 0 amide bonds. The van der Waals surface area contributed by atoms with Crippen LogP contribution in [0.4, 0.5) is 0 Å². The monoisotopic (exact) mass is 416 g/mol. The summed E-state index contributed by atoms with van der Waals surface area (Å²) in [6.45, 7) is 2.57. The van der Waals surface area contributed by atoms with E-state index < -0.39 is 7.51 Å². The molecular formula is C17H41N10P. The third-order valence-corrected chi connectivity index (χ3v) is 5.41. The van der Waals surface area contributed by atoms with Gasteiger partial charge in [0.1, 0.15) is 0 Å². The summed E-state index contributed by atoms with van der Waals surface area (Å²) in [7, 11) is 20.7. The molecule has 0 saturated heterocycles. The van der Waals surface area contributed by atoms with Crippen LogP contribution in [0.25, 0.3) is 0 Å². The lowest BCUT2D eigenvalue weighted by Crippen LogP contribution is -2.37. The van der Waals surface area contributed by atoms with Crippen molar-refractivity contribution in [2.24, 2.45) is 19.0 Å². The third-order valence-electron chi connectivity index (χ3n) is 3.40. The largest absolute Gasteiger partial charge is 0.349 e. The van der Waals surface area contributed by atoms with Gasteiger partial charge in [-0.05, 0) is 6.92 Å². The Morgan fingerprint density at radius 3 is 0.857 bits per heavy atom. The molecule has 0 rings (SSSR count). The highest BCUT2D eigenvalue weighted by Crippen LogP contribution is 2.55. The minimum absolute atomic E-state index is 0.570. The van der Waals surface area contributed by atoms with Crippen molar-refractivity contribution in [3.05, 3.63) is 0 Å². The maximum Gasteiger partial charge on any atom is 0.309 e. The fraction of sp³-hybridized carbons (Fsp3) is 0.824. The molecule has 0 aliphatic carbocycles. The van der Waals surface area contributed by atoms with Crippen molar-refractivity contribution < 1.29 is 0 Å². The molecule has 0 aromatic carbocycles. The SMILES string of the molecule is CCN=P(N=C(N(C)C)N(C)C)(N=C(N(C)C)N(C)C)N=C(N(C)C)N(C)C. The molecule has 0 bridgehead atoms. The molecular weight excluding hydrogens is 375 g/mol. The molecule has 0 aliphatic heterocycles. The van der Waals surface area contributed by atoms with Crippen molar-refractivity contribution in [1.29, 1.82) is 0 Å². The number of rotatable bonds is 4. The van der Waals surface area contributed by atoms with E-state index in [1.807, 2.05) is 121 Å². The van der Waals surface area contributed by atoms with Crippen LogP contribution in [0.15, 0.2) is 19.0 Å². The zero-order chi connectivity index (χ0) is 22.2. The van der Waals surface area contributed by atoms with E-state index >= 15 is 0 Å². The highest BCUT2D eigenvalue weighted by Gasteiger charge is 2.25. The van der Waals surface area contributed by atoms with Crippen LogP contribution in [-0.2, 0) is 0 Å². The lowest BCUT2D eigenvalue weighted by Gasteiger charge is -2.29. The summed E-state index contributed by atoms with van der Waals surface area (Å²) < 4.78 is 20.0. The smallest absolute Gasteiger partial charge is 0.309 e. The van der Waals surface area contributed by atoms with E-state index in [-0.39, 0.29) is 0 Å². The molecule has 10 nitrogen and oxygen atoms in total. The molecule has 0 radical (unpaired) electrons. The fourth-order valence-electron chi connectivity index (χ4n) is 2.45. The minimum Gasteiger partial charge on any atom is -0.349 e. The van der Waals surface area contributed by atoms with Gasteiger partial charge in [0, 0.05) is 91.1 Å². The van der Waals surface area contributed by atoms with E-state index in [4.69, 9.17) is 19.0 Å². The summed E-state index contributed by atoms with van der Waals surface area (Å²) in [6, 6.07) is 0. The minimum atomic E-state index is -2.85. The highest BCUT2D eigenvalue weighted by molar-refractivity contribution is 7.63. The Labute approximate surface area is 172 Å². The Balaban J connectivity index is 7.23. The van der Waals surface area contributed by atoms with Gasteiger partial charge in [-0.25, -0.2) is 4.74 Å². The predicted molar refractivity (Wildman–Crippen MR) is 124 cm³/mol. The first-order valence-electron chi connectivity index (χ1n) is 9.20. The van der Waals surface area contributed by atoms with Gasteiger partial charge in [0.2, 0.25) is 17.9 Å². The van der Waals surface area contributed by atoms with Gasteiger partial charge in [0.05, 0.1) is 0 Å². The quantitative estimate of drug-likeness (QED) is 0.392. The molecule has 0 N–H and O–H groups in total. The van der Waals surface area contributed by atoms with Crippen LogP contribution in [0, 0.1) is 0 Å². The second kappa shape index (κ2) is 11.1. The van der Waals surface area contributed by atoms with Crippen LogP contribution in [0.1, 0.15) is 6.92 Å². The van der Waals surface area contributed by atoms with Gasteiger partial charge < -0.3 is 29.4 Å². The zero-order valence-corrected chi connectivity index (χ0v) is 21.0. The Bertz CT molecular complexity index is 519. The molecule has 28 heavy (non-hydrogen) atoms. The van der Waals surface area contributed by atoms with Gasteiger partial charge in [0.15, 0.2) is 0 Å². The molecule has 0 unspecified atom stereocenters. The molecule has 164 valence electrons. The maximum absolute atomic E-state index is 5.04. The van der Waals surface area contributed by atoms with E-state index in [9.17, 15) is 0 Å². The number of hydrogen-bond acceptors (Lipinski definition) is 1. The summed E-state index contributed by atoms with van der Waals surface area (Å²) in [6.07, 6.45) is 0. The molecule has 11 heteroatoms. The molecule has 0 fully saturated rings. The van der Waals surface area contributed by atoms with Crippen LogP contribution in [0.5, 0.6) is 0 Å². The number of guanidine groups is 3. The zero-order valence-electron chi connectivity index (χ0n) is 20.1. The molecule has 0 aromatic rings. The van der Waals surface area contributed by atoms with Crippen LogP contribution in [0.2, 0.25) is 0 Å². The first-order chi connectivity index (χ1) is 12.8. The fourth-order valence-corrected chi connectivity index (χ4v) is 4.95. The second-order valence-electron chi connectivity index (χ2n) is 7.56. The van der Waals surface area contributed by atoms with Gasteiger partial charge in [-0.2, -0.15) is 14.3 Å². The maximum atomic E-state index is 5.04. The van der Waals surface area contributed by atoms with Crippen molar-refractivity contribution in [1.82, 2.24) is 29.4 Å². The standard InChI is InChI=1S/C17H41N10P/c1-14-18-28(19-15(22(2)3)23(4)5,20-16(24(6)7)25(8)9)21-17(26(10)11)27(12)13/h14H2,1-13H3. The van der Waals surface area contributed by atoms with Crippen molar-refractivity contribution in [3.8, 4) is 0 Å². The van der Waals surface area contributed by atoms with Crippen LogP contribution < -0.4 is 0 Å². The van der Waals surface area contributed by atoms with Crippen molar-refractivity contribution in [2.45, 2.75) is 6.92 Å². The second-order valence-corrected chi connectivity index (χ2v) is 9.52. The Kier molecular flexibility index (Phi) is 10.4. The Hall–Kier alpha value is -1.96. The van der Waals surface area contributed by atoms with Gasteiger partial charge >= 0.3 is 7.51 Å². The van der Waals surface area contributed by atoms with Gasteiger partial charge in [-0.3, -0.25) is 0 Å². The molecule has 0 atom stereocenters. The van der Waals surface area contributed by atoms with Crippen molar-refractivity contribution >= 4 is 25.4 Å². The molecule has 0 aliphatic rings. The Morgan fingerprint density at radius 1 is 0.500 bits per heavy atom. The van der Waals surface area contributed by atoms with Crippen molar-refractivity contribution in [2.75, 3.05) is 91.1 Å². The highest BCUT2D eigenvalue weighted by atomic mass is 31.2. The lowest BCUT2D eigenvalue weighted by atomic mass is 10.7. The van der Waals surface area contributed by atoms with Crippen LogP contribution in [0.3, 0.4) is 0 Å². The molecule has 0 saturated carbocycles. The van der Waals surface area contributed by atoms with Gasteiger partial charge in [0.25, 0.3) is 0 Å². The topological polar surface area (TPSA) is 68.9 Å². The summed E-state index contributed by atoms with van der Waals surface area (Å²) >= 11 is 0. The first-order valence-corrected chi connectivity index (χ1v) is 10.8. The normalized spacial score (nSPS) is 10.5. The average Bonchev–Trinajstić information content (AvgIpc) is 2.53. The lowest BCUT2D eigenvalue weighted by molar-refractivity contribution is 0.482. The summed E-state index contributed by atoms with van der Waals surface area (Å²) in [4.78, 5) is 11.8. The third kappa shape index (κ3) is 7.58.